The van der Waals surface area contributed by atoms with Crippen LogP contribution in [0.3, 0.4) is 0 Å². The summed E-state index contributed by atoms with van der Waals surface area (Å²) in [5.41, 5.74) is 3.37. The van der Waals surface area contributed by atoms with Crippen molar-refractivity contribution < 1.29 is 19.4 Å². The first-order valence-electron chi connectivity index (χ1n) is 11.4. The predicted molar refractivity (Wildman–Crippen MR) is 125 cm³/mol. The fourth-order valence-corrected chi connectivity index (χ4v) is 4.80. The first kappa shape index (κ1) is 22.2. The van der Waals surface area contributed by atoms with Crippen LogP contribution in [0.25, 0.3) is 11.4 Å². The number of imidazole rings is 1. The Kier molecular flexibility index (Phi) is 5.89. The van der Waals surface area contributed by atoms with Crippen LogP contribution < -0.4 is 0 Å². The van der Waals surface area contributed by atoms with Gasteiger partial charge in [0.05, 0.1) is 30.5 Å². The van der Waals surface area contributed by atoms with Crippen LogP contribution in [0.15, 0.2) is 48.4 Å². The van der Waals surface area contributed by atoms with E-state index < -0.39 is 17.7 Å². The molecule has 9 heteroatoms. The number of fused-ring (bicyclic) bond motifs is 1. The molecule has 34 heavy (non-hydrogen) atoms. The third kappa shape index (κ3) is 3.76. The van der Waals surface area contributed by atoms with E-state index in [1.165, 1.54) is 0 Å². The summed E-state index contributed by atoms with van der Waals surface area (Å²) in [5.74, 6) is -1.54. The zero-order valence-corrected chi connectivity index (χ0v) is 19.3. The van der Waals surface area contributed by atoms with Crippen LogP contribution >= 0.6 is 0 Å². The molecule has 5 rings (SSSR count). The summed E-state index contributed by atoms with van der Waals surface area (Å²) in [6, 6.07) is 6.65. The third-order valence-electron chi connectivity index (χ3n) is 6.54. The molecule has 176 valence electrons. The number of amides is 1. The average molecular weight is 462 g/mol. The predicted octanol–water partition coefficient (Wildman–Crippen LogP) is 2.10. The summed E-state index contributed by atoms with van der Waals surface area (Å²) >= 11 is 0. The minimum atomic E-state index is -0.732. The highest BCUT2D eigenvalue weighted by Crippen LogP contribution is 2.39. The Labute approximate surface area is 197 Å². The second-order valence-electron chi connectivity index (χ2n) is 8.66. The number of hydrogen-bond donors (Lipinski definition) is 1. The van der Waals surface area contributed by atoms with E-state index in [2.05, 4.69) is 14.9 Å². The molecule has 0 radical (unpaired) electrons. The van der Waals surface area contributed by atoms with E-state index in [4.69, 9.17) is 4.74 Å². The molecular formula is C25H27N5O4. The van der Waals surface area contributed by atoms with Crippen LogP contribution in [0.4, 0.5) is 0 Å². The number of Topliss-reactive ketones (excluding diaryl/α,β-unsaturated/α-hetero) is 1. The first-order valence-corrected chi connectivity index (χ1v) is 11.4. The molecule has 1 N–H and O–H groups in total. The smallest absolute Gasteiger partial charge is 0.295 e. The number of likely N-dealkylation sites (tertiary alicyclic amines) is 1. The minimum Gasteiger partial charge on any atom is -0.505 e. The normalized spacial score (nSPS) is 21.0. The van der Waals surface area contributed by atoms with Gasteiger partial charge in [-0.05, 0) is 37.1 Å². The number of aromatic nitrogens is 3. The zero-order chi connectivity index (χ0) is 23.8. The van der Waals surface area contributed by atoms with Gasteiger partial charge in [0.15, 0.2) is 5.76 Å². The summed E-state index contributed by atoms with van der Waals surface area (Å²) in [7, 11) is 0. The molecule has 2 aliphatic rings. The topological polar surface area (TPSA) is 100 Å². The van der Waals surface area contributed by atoms with Crippen LogP contribution in [-0.4, -0.2) is 80.4 Å². The van der Waals surface area contributed by atoms with Gasteiger partial charge >= 0.3 is 0 Å². The van der Waals surface area contributed by atoms with Gasteiger partial charge in [-0.2, -0.15) is 0 Å². The lowest BCUT2D eigenvalue weighted by molar-refractivity contribution is -0.140. The first-order chi connectivity index (χ1) is 16.5. The molecule has 2 aliphatic heterocycles. The number of morpholine rings is 1. The van der Waals surface area contributed by atoms with Gasteiger partial charge in [-0.15, -0.1) is 0 Å². The highest BCUT2D eigenvalue weighted by molar-refractivity contribution is 6.46. The van der Waals surface area contributed by atoms with Crippen molar-refractivity contribution in [3.63, 3.8) is 0 Å². The van der Waals surface area contributed by atoms with Gasteiger partial charge in [0.25, 0.3) is 11.7 Å². The van der Waals surface area contributed by atoms with E-state index in [-0.39, 0.29) is 11.3 Å². The van der Waals surface area contributed by atoms with Crippen molar-refractivity contribution in [2.24, 2.45) is 0 Å². The second-order valence-corrected chi connectivity index (χ2v) is 8.66. The van der Waals surface area contributed by atoms with Crippen molar-refractivity contribution in [3.05, 3.63) is 70.9 Å². The Morgan fingerprint density at radius 3 is 2.68 bits per heavy atom. The maximum Gasteiger partial charge on any atom is 0.295 e. The molecule has 0 bridgehead atoms. The van der Waals surface area contributed by atoms with Gasteiger partial charge < -0.3 is 14.7 Å². The standard InChI is InChI=1S/C25H27N5O4/c1-16-5-4-8-29-20(17(2)27-24(16)29)22(31)19-21(18-6-3-7-26-15-18)30(25(33)23(19)32)10-9-28-11-13-34-14-12-28/h3-8,15,21,31H,9-14H2,1-2H3/t21-/m1/s1. The molecular weight excluding hydrogens is 434 g/mol. The summed E-state index contributed by atoms with van der Waals surface area (Å²) in [4.78, 5) is 39.1. The summed E-state index contributed by atoms with van der Waals surface area (Å²) in [6.45, 7) is 7.55. The highest BCUT2D eigenvalue weighted by atomic mass is 16.5. The molecule has 9 nitrogen and oxygen atoms in total. The molecule has 0 aliphatic carbocycles. The molecule has 0 saturated carbocycles. The number of rotatable bonds is 5. The fourth-order valence-electron chi connectivity index (χ4n) is 4.80. The molecule has 0 unspecified atom stereocenters. The van der Waals surface area contributed by atoms with Crippen molar-refractivity contribution in [2.45, 2.75) is 19.9 Å². The molecule has 1 amide bonds. The number of carbonyl (C=O) groups is 2. The zero-order valence-electron chi connectivity index (χ0n) is 19.3. The maximum absolute atomic E-state index is 13.3. The number of aryl methyl sites for hydroxylation is 2. The van der Waals surface area contributed by atoms with E-state index in [0.29, 0.717) is 48.9 Å². The van der Waals surface area contributed by atoms with Gasteiger partial charge in [0, 0.05) is 44.8 Å². The molecule has 0 spiro atoms. The van der Waals surface area contributed by atoms with Crippen LogP contribution in [-0.2, 0) is 14.3 Å². The molecule has 3 aromatic heterocycles. The Bertz CT molecular complexity index is 1280. The van der Waals surface area contributed by atoms with Crippen LogP contribution in [0.2, 0.25) is 0 Å². The number of carbonyl (C=O) groups excluding carboxylic acids is 2. The molecule has 1 atom stereocenters. The molecule has 2 saturated heterocycles. The lowest BCUT2D eigenvalue weighted by Gasteiger charge is -2.30. The number of pyridine rings is 2. The number of hydrogen-bond acceptors (Lipinski definition) is 7. The fraction of sp³-hybridized carbons (Fsp3) is 0.360. The van der Waals surface area contributed by atoms with Crippen molar-refractivity contribution >= 4 is 23.1 Å². The quantitative estimate of drug-likeness (QED) is 0.353. The maximum atomic E-state index is 13.3. The van der Waals surface area contributed by atoms with Crippen molar-refractivity contribution in [2.75, 3.05) is 39.4 Å². The third-order valence-corrected chi connectivity index (χ3v) is 6.54. The van der Waals surface area contributed by atoms with Gasteiger partial charge in [0.1, 0.15) is 11.3 Å². The molecule has 3 aromatic rings. The molecule has 5 heterocycles. The Morgan fingerprint density at radius 2 is 1.94 bits per heavy atom. The van der Waals surface area contributed by atoms with E-state index in [1.54, 1.807) is 40.9 Å². The Balaban J connectivity index is 1.61. The van der Waals surface area contributed by atoms with E-state index in [9.17, 15) is 14.7 Å². The molecule has 2 fully saturated rings. The monoisotopic (exact) mass is 461 g/mol. The lowest BCUT2D eigenvalue weighted by Crippen LogP contribution is -2.42. The number of aliphatic hydroxyl groups excluding tert-OH is 1. The van der Waals surface area contributed by atoms with Crippen molar-refractivity contribution in [1.29, 1.82) is 0 Å². The largest absolute Gasteiger partial charge is 0.505 e. The number of ketones is 1. The van der Waals surface area contributed by atoms with E-state index >= 15 is 0 Å². The van der Waals surface area contributed by atoms with Crippen LogP contribution in [0, 0.1) is 13.8 Å². The average Bonchev–Trinajstić information content (AvgIpc) is 3.33. The van der Waals surface area contributed by atoms with Gasteiger partial charge in [-0.25, -0.2) is 4.98 Å². The van der Waals surface area contributed by atoms with Gasteiger partial charge in [-0.1, -0.05) is 12.1 Å². The van der Waals surface area contributed by atoms with E-state index in [1.807, 2.05) is 25.1 Å². The highest BCUT2D eigenvalue weighted by Gasteiger charge is 2.46. The number of nitrogens with zero attached hydrogens (tertiary/aromatic N) is 5. The van der Waals surface area contributed by atoms with Crippen LogP contribution in [0.1, 0.15) is 28.6 Å². The lowest BCUT2D eigenvalue weighted by atomic mass is 9.97. The molecule has 0 aromatic carbocycles. The minimum absolute atomic E-state index is 0.0615. The van der Waals surface area contributed by atoms with Crippen molar-refractivity contribution in [3.8, 4) is 0 Å². The summed E-state index contributed by atoms with van der Waals surface area (Å²) < 4.78 is 7.18. The van der Waals surface area contributed by atoms with E-state index in [0.717, 1.165) is 18.7 Å². The summed E-state index contributed by atoms with van der Waals surface area (Å²) in [6.07, 6.45) is 5.07. The SMILES string of the molecule is Cc1nc2c(C)cccn2c1C(O)=C1C(=O)C(=O)N(CCN2CCOCC2)[C@@H]1c1cccnc1. The van der Waals surface area contributed by atoms with Gasteiger partial charge in [0.2, 0.25) is 0 Å². The van der Waals surface area contributed by atoms with Gasteiger partial charge in [-0.3, -0.25) is 23.9 Å². The number of ether oxygens (including phenoxy) is 1. The van der Waals surface area contributed by atoms with Crippen LogP contribution in [0.5, 0.6) is 0 Å². The number of aliphatic hydroxyl groups is 1. The second kappa shape index (κ2) is 9.00. The Hall–Kier alpha value is -3.56. The van der Waals surface area contributed by atoms with Crippen molar-refractivity contribution in [1.82, 2.24) is 24.2 Å². The summed E-state index contributed by atoms with van der Waals surface area (Å²) in [5, 5.41) is 11.5. The Morgan fingerprint density at radius 1 is 1.15 bits per heavy atom.